The predicted molar refractivity (Wildman–Crippen MR) is 75.1 cm³/mol. The average molecular weight is 314 g/mol. The van der Waals surface area contributed by atoms with Gasteiger partial charge in [0.1, 0.15) is 5.82 Å². The van der Waals surface area contributed by atoms with E-state index in [2.05, 4.69) is 4.98 Å². The molecule has 112 valence electrons. The topological polar surface area (TPSA) is 38.1 Å². The second kappa shape index (κ2) is 6.67. The largest absolute Gasteiger partial charge is 0.338 e. The molecule has 4 nitrogen and oxygen atoms in total. The molecule has 0 aliphatic rings. The summed E-state index contributed by atoms with van der Waals surface area (Å²) in [5.74, 6) is -0.0769. The molecule has 2 rings (SSSR count). The molecule has 0 aliphatic heterocycles. The lowest BCUT2D eigenvalue weighted by Crippen LogP contribution is -2.29. The van der Waals surface area contributed by atoms with Crippen LogP contribution >= 0.6 is 11.6 Å². The van der Waals surface area contributed by atoms with Gasteiger partial charge in [0.05, 0.1) is 13.0 Å². The summed E-state index contributed by atoms with van der Waals surface area (Å²) in [6.45, 7) is -2.66. The molecule has 21 heavy (non-hydrogen) atoms. The van der Waals surface area contributed by atoms with Crippen molar-refractivity contribution in [2.24, 2.45) is 0 Å². The zero-order chi connectivity index (χ0) is 15.4. The molecule has 1 aromatic carbocycles. The molecule has 0 radical (unpaired) electrons. The fourth-order valence-corrected chi connectivity index (χ4v) is 2.09. The van der Waals surface area contributed by atoms with Gasteiger partial charge in [0, 0.05) is 24.5 Å². The lowest BCUT2D eigenvalue weighted by molar-refractivity contribution is -0.129. The number of benzene rings is 1. The quantitative estimate of drug-likeness (QED) is 0.850. The van der Waals surface area contributed by atoms with Crippen LogP contribution in [0.25, 0.3) is 0 Å². The third-order valence-corrected chi connectivity index (χ3v) is 3.43. The minimum absolute atomic E-state index is 0.0145. The number of amides is 1. The first-order valence-electron chi connectivity index (χ1n) is 6.26. The Morgan fingerprint density at radius 3 is 2.81 bits per heavy atom. The van der Waals surface area contributed by atoms with Crippen LogP contribution < -0.4 is 0 Å². The van der Waals surface area contributed by atoms with Gasteiger partial charge in [-0.15, -0.1) is 0 Å². The van der Waals surface area contributed by atoms with Gasteiger partial charge in [-0.3, -0.25) is 9.36 Å². The van der Waals surface area contributed by atoms with Crippen LogP contribution in [0, 0.1) is 0 Å². The van der Waals surface area contributed by atoms with E-state index < -0.39 is 6.55 Å². The Morgan fingerprint density at radius 2 is 2.14 bits per heavy atom. The molecule has 0 spiro atoms. The molecular weight excluding hydrogens is 300 g/mol. The first kappa shape index (κ1) is 15.4. The van der Waals surface area contributed by atoms with E-state index >= 15 is 0 Å². The van der Waals surface area contributed by atoms with Crippen LogP contribution in [0.1, 0.15) is 17.9 Å². The van der Waals surface area contributed by atoms with E-state index in [1.54, 1.807) is 31.3 Å². The predicted octanol–water partition coefficient (Wildman–Crippen LogP) is 3.13. The number of nitrogens with zero attached hydrogens (tertiary/aromatic N) is 3. The minimum atomic E-state index is -2.67. The molecule has 0 unspecified atom stereocenters. The van der Waals surface area contributed by atoms with Gasteiger partial charge in [0.2, 0.25) is 5.91 Å². The minimum Gasteiger partial charge on any atom is -0.338 e. The molecule has 0 atom stereocenters. The smallest absolute Gasteiger partial charge is 0.319 e. The second-order valence-electron chi connectivity index (χ2n) is 4.55. The lowest BCUT2D eigenvalue weighted by atomic mass is 10.1. The first-order chi connectivity index (χ1) is 9.99. The Bertz CT molecular complexity index is 630. The molecule has 0 bridgehead atoms. The number of hydrogen-bond donors (Lipinski definition) is 0. The Balaban J connectivity index is 2.03. The summed E-state index contributed by atoms with van der Waals surface area (Å²) in [6, 6.07) is 7.03. The van der Waals surface area contributed by atoms with Crippen LogP contribution in [-0.4, -0.2) is 27.4 Å². The van der Waals surface area contributed by atoms with Crippen molar-refractivity contribution in [1.82, 2.24) is 14.5 Å². The van der Waals surface area contributed by atoms with Crippen LogP contribution in [0.4, 0.5) is 8.78 Å². The number of imidazole rings is 1. The lowest BCUT2D eigenvalue weighted by Gasteiger charge is -2.18. The second-order valence-corrected chi connectivity index (χ2v) is 4.95. The summed E-state index contributed by atoms with van der Waals surface area (Å²) in [5, 5.41) is 0.508. The number of aromatic nitrogens is 2. The van der Waals surface area contributed by atoms with Crippen molar-refractivity contribution in [2.45, 2.75) is 19.5 Å². The van der Waals surface area contributed by atoms with Crippen molar-refractivity contribution in [2.75, 3.05) is 7.05 Å². The fourth-order valence-electron chi connectivity index (χ4n) is 1.88. The molecular formula is C14H14ClF2N3O. The van der Waals surface area contributed by atoms with E-state index in [0.29, 0.717) is 10.6 Å². The van der Waals surface area contributed by atoms with Gasteiger partial charge in [-0.1, -0.05) is 29.8 Å². The van der Waals surface area contributed by atoms with Crippen molar-refractivity contribution in [1.29, 1.82) is 0 Å². The highest BCUT2D eigenvalue weighted by atomic mass is 35.5. The number of halogens is 3. The zero-order valence-corrected chi connectivity index (χ0v) is 12.1. The van der Waals surface area contributed by atoms with Crippen LogP contribution in [0.3, 0.4) is 0 Å². The molecule has 0 saturated heterocycles. The standard InChI is InChI=1S/C14H14ClF2N3O/c1-19(9-12-18-6-7-20(12)14(16)17)13(21)8-10-4-2-3-5-11(10)15/h2-7,14H,8-9H2,1H3. The maximum atomic E-state index is 12.7. The monoisotopic (exact) mass is 313 g/mol. The highest BCUT2D eigenvalue weighted by molar-refractivity contribution is 6.31. The first-order valence-corrected chi connectivity index (χ1v) is 6.64. The van der Waals surface area contributed by atoms with E-state index in [9.17, 15) is 13.6 Å². The van der Waals surface area contributed by atoms with Gasteiger partial charge >= 0.3 is 6.55 Å². The fraction of sp³-hybridized carbons (Fsp3) is 0.286. The molecule has 2 aromatic rings. The van der Waals surface area contributed by atoms with Crippen LogP contribution in [0.2, 0.25) is 5.02 Å². The van der Waals surface area contributed by atoms with Gasteiger partial charge in [-0.05, 0) is 11.6 Å². The Labute approximate surface area is 126 Å². The number of carbonyl (C=O) groups excluding carboxylic acids is 1. The van der Waals surface area contributed by atoms with E-state index in [1.165, 1.54) is 17.3 Å². The highest BCUT2D eigenvalue weighted by Crippen LogP contribution is 2.17. The van der Waals surface area contributed by atoms with Crippen LogP contribution in [0.15, 0.2) is 36.7 Å². The third-order valence-electron chi connectivity index (χ3n) is 3.06. The van der Waals surface area contributed by atoms with Gasteiger partial charge in [0.15, 0.2) is 0 Å². The number of rotatable bonds is 5. The average Bonchev–Trinajstić information content (AvgIpc) is 2.89. The third kappa shape index (κ3) is 3.78. The number of hydrogen-bond acceptors (Lipinski definition) is 2. The van der Waals surface area contributed by atoms with Crippen molar-refractivity contribution in [3.8, 4) is 0 Å². The maximum absolute atomic E-state index is 12.7. The SMILES string of the molecule is CN(Cc1nccn1C(F)F)C(=O)Cc1ccccc1Cl. The van der Waals surface area contributed by atoms with Crippen LogP contribution in [0.5, 0.6) is 0 Å². The van der Waals surface area contributed by atoms with E-state index in [1.807, 2.05) is 0 Å². The van der Waals surface area contributed by atoms with Crippen molar-refractivity contribution >= 4 is 17.5 Å². The zero-order valence-electron chi connectivity index (χ0n) is 11.3. The van der Waals surface area contributed by atoms with Gasteiger partial charge < -0.3 is 4.90 Å². The number of alkyl halides is 2. The summed E-state index contributed by atoms with van der Waals surface area (Å²) in [6.07, 6.45) is 2.59. The molecule has 0 aliphatic carbocycles. The van der Waals surface area contributed by atoms with Crippen LogP contribution in [-0.2, 0) is 17.8 Å². The number of likely N-dealkylation sites (N-methyl/N-ethyl adjacent to an activating group) is 1. The molecule has 7 heteroatoms. The summed E-state index contributed by atoms with van der Waals surface area (Å²) < 4.78 is 26.2. The maximum Gasteiger partial charge on any atom is 0.319 e. The highest BCUT2D eigenvalue weighted by Gasteiger charge is 2.17. The molecule has 1 heterocycles. The van der Waals surface area contributed by atoms with Crippen molar-refractivity contribution in [3.63, 3.8) is 0 Å². The van der Waals surface area contributed by atoms with Crippen molar-refractivity contribution in [3.05, 3.63) is 53.1 Å². The Kier molecular flexibility index (Phi) is 4.90. The molecule has 1 aromatic heterocycles. The number of carbonyl (C=O) groups is 1. The van der Waals surface area contributed by atoms with E-state index in [-0.39, 0.29) is 24.7 Å². The van der Waals surface area contributed by atoms with E-state index in [0.717, 1.165) is 4.57 Å². The molecule has 0 fully saturated rings. The van der Waals surface area contributed by atoms with Gasteiger partial charge in [-0.2, -0.15) is 8.78 Å². The summed E-state index contributed by atoms with van der Waals surface area (Å²) in [7, 11) is 1.55. The Hall–Kier alpha value is -1.95. The molecule has 0 N–H and O–H groups in total. The molecule has 0 saturated carbocycles. The van der Waals surface area contributed by atoms with Gasteiger partial charge in [0.25, 0.3) is 0 Å². The normalized spacial score (nSPS) is 10.9. The summed E-state index contributed by atoms with van der Waals surface area (Å²) in [5.41, 5.74) is 0.702. The van der Waals surface area contributed by atoms with Crippen molar-refractivity contribution < 1.29 is 13.6 Å². The van der Waals surface area contributed by atoms with E-state index in [4.69, 9.17) is 11.6 Å². The molecule has 1 amide bonds. The summed E-state index contributed by atoms with van der Waals surface area (Å²) >= 11 is 6.00. The summed E-state index contributed by atoms with van der Waals surface area (Å²) in [4.78, 5) is 17.3. The Morgan fingerprint density at radius 1 is 1.43 bits per heavy atom. The van der Waals surface area contributed by atoms with Gasteiger partial charge in [-0.25, -0.2) is 4.98 Å².